The minimum atomic E-state index is -1.23. The third-order valence-electron chi connectivity index (χ3n) is 6.03. The second kappa shape index (κ2) is 15.9. The van der Waals surface area contributed by atoms with Crippen LogP contribution in [-0.2, 0) is 25.6 Å². The topological polar surface area (TPSA) is 257 Å². The van der Waals surface area contributed by atoms with Crippen LogP contribution >= 0.6 is 0 Å². The van der Waals surface area contributed by atoms with Gasteiger partial charge in [0.05, 0.1) is 6.04 Å². The molecule has 14 nitrogen and oxygen atoms in total. The molecule has 1 aromatic heterocycles. The van der Waals surface area contributed by atoms with Crippen molar-refractivity contribution in [3.8, 4) is 0 Å². The van der Waals surface area contributed by atoms with Gasteiger partial charge in [0.25, 0.3) is 0 Å². The number of H-pyrrole nitrogens is 1. The molecule has 0 radical (unpaired) electrons. The van der Waals surface area contributed by atoms with Crippen LogP contribution < -0.4 is 38.9 Å². The average Bonchev–Trinajstić information content (AvgIpc) is 3.31. The number of unbranched alkanes of at least 4 members (excludes halogenated alkanes) is 1. The molecule has 14 heteroatoms. The highest BCUT2D eigenvalue weighted by molar-refractivity contribution is 5.94. The first kappa shape index (κ1) is 31.1. The van der Waals surface area contributed by atoms with Gasteiger partial charge >= 0.3 is 5.97 Å². The summed E-state index contributed by atoms with van der Waals surface area (Å²) in [5.41, 5.74) is 23.8. The highest BCUT2D eigenvalue weighted by Crippen LogP contribution is 2.19. The van der Waals surface area contributed by atoms with E-state index in [1.54, 1.807) is 6.20 Å². The van der Waals surface area contributed by atoms with E-state index in [9.17, 15) is 19.2 Å². The van der Waals surface area contributed by atoms with Gasteiger partial charge in [-0.05, 0) is 43.9 Å². The Kier molecular flexibility index (Phi) is 12.7. The second-order valence-electron chi connectivity index (χ2n) is 9.14. The molecule has 3 atom stereocenters. The molecule has 39 heavy (non-hydrogen) atoms. The number of fused-ring (bicyclic) bond motifs is 1. The van der Waals surface area contributed by atoms with Gasteiger partial charge in [0.2, 0.25) is 17.7 Å². The molecule has 2 rings (SSSR count). The number of para-hydroxylation sites is 1. The van der Waals surface area contributed by atoms with Gasteiger partial charge in [-0.1, -0.05) is 24.6 Å². The summed E-state index contributed by atoms with van der Waals surface area (Å²) in [5, 5.41) is 17.5. The first-order valence-corrected chi connectivity index (χ1v) is 12.8. The van der Waals surface area contributed by atoms with Gasteiger partial charge in [0.1, 0.15) is 18.6 Å². The van der Waals surface area contributed by atoms with Gasteiger partial charge in [0, 0.05) is 30.1 Å². The van der Waals surface area contributed by atoms with E-state index in [1.807, 2.05) is 24.3 Å². The van der Waals surface area contributed by atoms with Gasteiger partial charge < -0.3 is 49.0 Å². The molecular formula is C25H39N9O5. The maximum atomic E-state index is 13.4. The van der Waals surface area contributed by atoms with Crippen LogP contribution in [0.5, 0.6) is 0 Å². The Labute approximate surface area is 226 Å². The highest BCUT2D eigenvalue weighted by atomic mass is 16.4. The summed E-state index contributed by atoms with van der Waals surface area (Å²) in [7, 11) is 0. The summed E-state index contributed by atoms with van der Waals surface area (Å²) in [4.78, 5) is 57.0. The lowest BCUT2D eigenvalue weighted by molar-refractivity contribution is -0.138. The van der Waals surface area contributed by atoms with Crippen molar-refractivity contribution < 1.29 is 24.3 Å². The first-order valence-electron chi connectivity index (χ1n) is 12.8. The van der Waals surface area contributed by atoms with Gasteiger partial charge in [-0.25, -0.2) is 0 Å². The van der Waals surface area contributed by atoms with Crippen molar-refractivity contribution in [2.75, 3.05) is 19.6 Å². The number of carbonyl (C=O) groups is 4. The summed E-state index contributed by atoms with van der Waals surface area (Å²) in [6.07, 6.45) is 4.09. The van der Waals surface area contributed by atoms with E-state index in [1.165, 1.54) is 0 Å². The lowest BCUT2D eigenvalue weighted by Gasteiger charge is -2.24. The number of aromatic amines is 1. The molecule has 2 aromatic rings. The van der Waals surface area contributed by atoms with Crippen LogP contribution in [0.4, 0.5) is 0 Å². The Morgan fingerprint density at radius 1 is 0.949 bits per heavy atom. The largest absolute Gasteiger partial charge is 0.480 e. The van der Waals surface area contributed by atoms with Crippen molar-refractivity contribution in [2.24, 2.45) is 27.9 Å². The van der Waals surface area contributed by atoms with Crippen LogP contribution in [0.15, 0.2) is 35.5 Å². The van der Waals surface area contributed by atoms with E-state index < -0.39 is 48.4 Å². The average molecular weight is 546 g/mol. The van der Waals surface area contributed by atoms with Crippen molar-refractivity contribution in [1.29, 1.82) is 0 Å². The van der Waals surface area contributed by atoms with Crippen LogP contribution in [0, 0.1) is 0 Å². The van der Waals surface area contributed by atoms with Crippen molar-refractivity contribution in [2.45, 2.75) is 56.7 Å². The second-order valence-corrected chi connectivity index (χ2v) is 9.14. The number of hydrogen-bond donors (Lipinski definition) is 9. The Morgan fingerprint density at radius 3 is 2.36 bits per heavy atom. The number of aliphatic imine (C=N–C) groups is 1. The maximum Gasteiger partial charge on any atom is 0.322 e. The minimum Gasteiger partial charge on any atom is -0.480 e. The zero-order valence-electron chi connectivity index (χ0n) is 21.8. The van der Waals surface area contributed by atoms with Crippen molar-refractivity contribution in [1.82, 2.24) is 20.9 Å². The van der Waals surface area contributed by atoms with Crippen LogP contribution in [0.25, 0.3) is 10.9 Å². The number of aromatic nitrogens is 1. The number of aliphatic carboxylic acids is 1. The van der Waals surface area contributed by atoms with E-state index in [-0.39, 0.29) is 25.3 Å². The number of nitrogens with one attached hydrogen (secondary N) is 4. The number of carbonyl (C=O) groups excluding carboxylic acids is 3. The SMILES string of the molecule is NCCCCC(N)C(=O)NC(CCCN=C(N)N)C(=O)NC(Cc1c[nH]c2ccccc12)C(=O)NCC(=O)O. The Hall–Kier alpha value is -4.17. The van der Waals surface area contributed by atoms with Gasteiger partial charge in [-0.15, -0.1) is 0 Å². The molecule has 0 aliphatic heterocycles. The number of nitrogens with two attached hydrogens (primary N) is 4. The van der Waals surface area contributed by atoms with Crippen LogP contribution in [0.3, 0.4) is 0 Å². The normalized spacial score (nSPS) is 13.2. The lowest BCUT2D eigenvalue weighted by Crippen LogP contribution is -2.56. The fraction of sp³-hybridized carbons (Fsp3) is 0.480. The molecule has 0 fully saturated rings. The third kappa shape index (κ3) is 10.6. The summed E-state index contributed by atoms with van der Waals surface area (Å²) >= 11 is 0. The molecule has 214 valence electrons. The molecule has 1 heterocycles. The molecule has 0 aliphatic carbocycles. The molecule has 0 bridgehead atoms. The van der Waals surface area contributed by atoms with Crippen LogP contribution in [0.1, 0.15) is 37.7 Å². The summed E-state index contributed by atoms with van der Waals surface area (Å²) in [6.45, 7) is 0.0870. The van der Waals surface area contributed by atoms with E-state index in [0.717, 1.165) is 16.5 Å². The molecule has 0 spiro atoms. The first-order chi connectivity index (χ1) is 18.6. The summed E-state index contributed by atoms with van der Waals surface area (Å²) < 4.78 is 0. The Morgan fingerprint density at radius 2 is 1.67 bits per heavy atom. The van der Waals surface area contributed by atoms with Crippen LogP contribution in [-0.4, -0.2) is 77.5 Å². The maximum absolute atomic E-state index is 13.4. The fourth-order valence-electron chi connectivity index (χ4n) is 3.98. The molecule has 0 saturated heterocycles. The number of amides is 3. The molecule has 1 aromatic carbocycles. The number of rotatable bonds is 17. The van der Waals surface area contributed by atoms with Gasteiger partial charge in [-0.2, -0.15) is 0 Å². The third-order valence-corrected chi connectivity index (χ3v) is 6.03. The predicted octanol–water partition coefficient (Wildman–Crippen LogP) is -1.61. The number of carboxylic acids is 1. The number of carboxylic acid groups (broad SMARTS) is 1. The molecule has 0 saturated carbocycles. The highest BCUT2D eigenvalue weighted by Gasteiger charge is 2.29. The van der Waals surface area contributed by atoms with Crippen molar-refractivity contribution >= 4 is 40.6 Å². The lowest BCUT2D eigenvalue weighted by atomic mass is 10.0. The van der Waals surface area contributed by atoms with Crippen LogP contribution in [0.2, 0.25) is 0 Å². The van der Waals surface area contributed by atoms with Crippen molar-refractivity contribution in [3.63, 3.8) is 0 Å². The van der Waals surface area contributed by atoms with E-state index >= 15 is 0 Å². The van der Waals surface area contributed by atoms with E-state index in [2.05, 4.69) is 25.9 Å². The standard InChI is InChI=1S/C25H39N9O5/c26-10-4-3-7-17(27)22(37)33-19(9-5-11-30-25(28)29)24(39)34-20(23(38)32-14-21(35)36)12-15-13-31-18-8-2-1-6-16(15)18/h1-2,6,8,13,17,19-20,31H,3-5,7,9-12,14,26-27H2,(H,32,38)(H,33,37)(H,34,39)(H,35,36)(H4,28,29,30). The minimum absolute atomic E-state index is 0.0779. The fourth-order valence-corrected chi connectivity index (χ4v) is 3.98. The zero-order valence-corrected chi connectivity index (χ0v) is 21.8. The number of guanidine groups is 1. The molecule has 13 N–H and O–H groups in total. The Balaban J connectivity index is 2.21. The Bertz CT molecular complexity index is 1150. The predicted molar refractivity (Wildman–Crippen MR) is 147 cm³/mol. The molecule has 3 amide bonds. The quantitative estimate of drug-likeness (QED) is 0.0628. The number of hydrogen-bond acceptors (Lipinski definition) is 7. The van der Waals surface area contributed by atoms with E-state index in [0.29, 0.717) is 32.2 Å². The molecule has 3 unspecified atom stereocenters. The summed E-state index contributed by atoms with van der Waals surface area (Å²) in [5.74, 6) is -3.15. The summed E-state index contributed by atoms with van der Waals surface area (Å²) in [6, 6.07) is 4.44. The monoisotopic (exact) mass is 545 g/mol. The smallest absolute Gasteiger partial charge is 0.322 e. The number of benzene rings is 1. The molecular weight excluding hydrogens is 506 g/mol. The van der Waals surface area contributed by atoms with Gasteiger partial charge in [-0.3, -0.25) is 24.2 Å². The van der Waals surface area contributed by atoms with E-state index in [4.69, 9.17) is 28.0 Å². The van der Waals surface area contributed by atoms with Crippen molar-refractivity contribution in [3.05, 3.63) is 36.0 Å². The number of nitrogens with zero attached hydrogens (tertiary/aromatic N) is 1. The molecule has 0 aliphatic rings. The zero-order chi connectivity index (χ0) is 28.8. The van der Waals surface area contributed by atoms with Gasteiger partial charge in [0.15, 0.2) is 5.96 Å².